The summed E-state index contributed by atoms with van der Waals surface area (Å²) in [6, 6.07) is 6.19. The number of benzene rings is 1. The Kier molecular flexibility index (Phi) is 5.52. The lowest BCUT2D eigenvalue weighted by Gasteiger charge is -2.34. The molecule has 6 nitrogen and oxygen atoms in total. The normalized spacial score (nSPS) is 20.5. The Morgan fingerprint density at radius 2 is 1.89 bits per heavy atom. The molecule has 28 heavy (non-hydrogen) atoms. The smallest absolute Gasteiger partial charge is 0.263 e. The molecule has 0 spiro atoms. The van der Waals surface area contributed by atoms with Gasteiger partial charge in [0.2, 0.25) is 0 Å². The van der Waals surface area contributed by atoms with Gasteiger partial charge in [-0.25, -0.2) is 9.37 Å². The van der Waals surface area contributed by atoms with Crippen molar-refractivity contribution >= 4 is 16.9 Å². The molecule has 1 fully saturated rings. The quantitative estimate of drug-likeness (QED) is 0.644. The van der Waals surface area contributed by atoms with E-state index in [2.05, 4.69) is 39.2 Å². The topological polar surface area (TPSA) is 67.1 Å². The molecule has 4 rings (SSSR count). The summed E-state index contributed by atoms with van der Waals surface area (Å²) in [4.78, 5) is 11.1. The van der Waals surface area contributed by atoms with Gasteiger partial charge in [0.05, 0.1) is 0 Å². The van der Waals surface area contributed by atoms with Crippen LogP contribution in [0.4, 0.5) is 10.2 Å². The number of nitrogens with zero attached hydrogens (tertiary/aromatic N) is 4. The van der Waals surface area contributed by atoms with Crippen LogP contribution in [0.2, 0.25) is 0 Å². The van der Waals surface area contributed by atoms with Crippen molar-refractivity contribution in [1.29, 1.82) is 0 Å². The molecule has 1 saturated heterocycles. The van der Waals surface area contributed by atoms with Crippen LogP contribution in [0.3, 0.4) is 0 Å². The summed E-state index contributed by atoms with van der Waals surface area (Å²) in [6.07, 6.45) is 3.83. The van der Waals surface area contributed by atoms with Crippen LogP contribution < -0.4 is 5.32 Å². The SMILES string of the molecule is C[C@H]1C[C@H](C)CN(CCCNc2ncnc3onc(-c4ccc(F)cc4)c23)C1. The van der Waals surface area contributed by atoms with Crippen molar-refractivity contribution in [2.24, 2.45) is 11.8 Å². The lowest BCUT2D eigenvalue weighted by molar-refractivity contribution is 0.141. The molecular formula is C21H26FN5O. The van der Waals surface area contributed by atoms with Crippen molar-refractivity contribution in [2.45, 2.75) is 26.7 Å². The van der Waals surface area contributed by atoms with E-state index in [9.17, 15) is 4.39 Å². The summed E-state index contributed by atoms with van der Waals surface area (Å²) in [6.45, 7) is 8.91. The molecule has 0 unspecified atom stereocenters. The molecule has 0 bridgehead atoms. The van der Waals surface area contributed by atoms with Gasteiger partial charge < -0.3 is 14.7 Å². The molecule has 3 aromatic rings. The van der Waals surface area contributed by atoms with Crippen LogP contribution in [-0.2, 0) is 0 Å². The van der Waals surface area contributed by atoms with E-state index in [0.717, 1.165) is 42.3 Å². The van der Waals surface area contributed by atoms with Crippen molar-refractivity contribution in [3.05, 3.63) is 36.4 Å². The standard InChI is InChI=1S/C21H26FN5O/c1-14-10-15(2)12-27(11-14)9-3-8-23-20-18-19(16-4-6-17(22)7-5-16)26-28-21(18)25-13-24-20/h4-7,13-15H,3,8-12H2,1-2H3,(H,23,24,25)/t14-,15-/m0/s1. The summed E-state index contributed by atoms with van der Waals surface area (Å²) >= 11 is 0. The summed E-state index contributed by atoms with van der Waals surface area (Å²) < 4.78 is 18.6. The van der Waals surface area contributed by atoms with Gasteiger partial charge in [0.15, 0.2) is 0 Å². The molecule has 2 atom stereocenters. The van der Waals surface area contributed by atoms with Gasteiger partial charge >= 0.3 is 0 Å². The maximum absolute atomic E-state index is 13.2. The van der Waals surface area contributed by atoms with Crippen molar-refractivity contribution in [3.8, 4) is 11.3 Å². The molecule has 7 heteroatoms. The Morgan fingerprint density at radius 1 is 1.14 bits per heavy atom. The Hall–Kier alpha value is -2.54. The summed E-state index contributed by atoms with van der Waals surface area (Å²) in [5.74, 6) is 1.96. The van der Waals surface area contributed by atoms with E-state index >= 15 is 0 Å². The van der Waals surface area contributed by atoms with E-state index in [-0.39, 0.29) is 5.82 Å². The number of hydrogen-bond donors (Lipinski definition) is 1. The van der Waals surface area contributed by atoms with E-state index in [1.54, 1.807) is 12.1 Å². The second-order valence-electron chi connectivity index (χ2n) is 7.93. The van der Waals surface area contributed by atoms with Crippen LogP contribution in [0.25, 0.3) is 22.4 Å². The van der Waals surface area contributed by atoms with Crippen LogP contribution in [0.15, 0.2) is 35.1 Å². The van der Waals surface area contributed by atoms with Crippen molar-refractivity contribution in [2.75, 3.05) is 31.5 Å². The van der Waals surface area contributed by atoms with Gasteiger partial charge in [0, 0.05) is 25.2 Å². The summed E-state index contributed by atoms with van der Waals surface area (Å²) in [5, 5.41) is 8.26. The van der Waals surface area contributed by atoms with E-state index in [4.69, 9.17) is 4.52 Å². The molecular weight excluding hydrogens is 357 g/mol. The van der Waals surface area contributed by atoms with Gasteiger partial charge in [-0.3, -0.25) is 0 Å². The number of anilines is 1. The third kappa shape index (κ3) is 4.14. The lowest BCUT2D eigenvalue weighted by Crippen LogP contribution is -2.39. The zero-order chi connectivity index (χ0) is 19.5. The first-order valence-electron chi connectivity index (χ1n) is 9.92. The molecule has 148 valence electrons. The third-order valence-corrected chi connectivity index (χ3v) is 5.28. The number of aromatic nitrogens is 3. The Morgan fingerprint density at radius 3 is 2.64 bits per heavy atom. The van der Waals surface area contributed by atoms with Gasteiger partial charge in [-0.1, -0.05) is 19.0 Å². The largest absolute Gasteiger partial charge is 0.369 e. The monoisotopic (exact) mass is 383 g/mol. The van der Waals surface area contributed by atoms with Crippen LogP contribution in [0.5, 0.6) is 0 Å². The van der Waals surface area contributed by atoms with Crippen molar-refractivity contribution in [3.63, 3.8) is 0 Å². The molecule has 1 N–H and O–H groups in total. The van der Waals surface area contributed by atoms with E-state index < -0.39 is 0 Å². The second-order valence-corrected chi connectivity index (χ2v) is 7.93. The fourth-order valence-electron chi connectivity index (χ4n) is 4.21. The average molecular weight is 383 g/mol. The highest BCUT2D eigenvalue weighted by Crippen LogP contribution is 2.31. The molecule has 1 aliphatic rings. The zero-order valence-corrected chi connectivity index (χ0v) is 16.4. The molecule has 0 saturated carbocycles. The highest BCUT2D eigenvalue weighted by molar-refractivity contribution is 5.97. The van der Waals surface area contributed by atoms with Gasteiger partial charge in [0.25, 0.3) is 5.71 Å². The minimum absolute atomic E-state index is 0.285. The fraction of sp³-hybridized carbons (Fsp3) is 0.476. The van der Waals surface area contributed by atoms with E-state index in [0.29, 0.717) is 17.2 Å². The maximum atomic E-state index is 13.2. The fourth-order valence-corrected chi connectivity index (χ4v) is 4.21. The van der Waals surface area contributed by atoms with E-state index in [1.807, 2.05) is 0 Å². The van der Waals surface area contributed by atoms with Gasteiger partial charge in [-0.2, -0.15) is 4.98 Å². The number of likely N-dealkylation sites (tertiary alicyclic amines) is 1. The number of rotatable bonds is 6. The molecule has 0 radical (unpaired) electrons. The predicted octanol–water partition coefficient (Wildman–Crippen LogP) is 4.20. The van der Waals surface area contributed by atoms with Crippen molar-refractivity contribution in [1.82, 2.24) is 20.0 Å². The zero-order valence-electron chi connectivity index (χ0n) is 16.4. The molecule has 0 aliphatic carbocycles. The highest BCUT2D eigenvalue weighted by Gasteiger charge is 2.21. The molecule has 1 aliphatic heterocycles. The number of nitrogens with one attached hydrogen (secondary N) is 1. The molecule has 1 aromatic carbocycles. The number of piperidine rings is 1. The highest BCUT2D eigenvalue weighted by atomic mass is 19.1. The Balaban J connectivity index is 1.44. The molecule has 0 amide bonds. The minimum atomic E-state index is -0.285. The first-order chi connectivity index (χ1) is 13.6. The predicted molar refractivity (Wildman–Crippen MR) is 107 cm³/mol. The van der Waals surface area contributed by atoms with Gasteiger partial charge in [-0.15, -0.1) is 0 Å². The Bertz CT molecular complexity index is 916. The van der Waals surface area contributed by atoms with E-state index in [1.165, 1.54) is 38.0 Å². The first kappa shape index (κ1) is 18.8. The molecule has 3 heterocycles. The average Bonchev–Trinajstić information content (AvgIpc) is 3.10. The summed E-state index contributed by atoms with van der Waals surface area (Å²) in [7, 11) is 0. The number of halogens is 1. The van der Waals surface area contributed by atoms with Crippen LogP contribution in [-0.4, -0.2) is 46.2 Å². The van der Waals surface area contributed by atoms with Crippen LogP contribution in [0.1, 0.15) is 26.7 Å². The van der Waals surface area contributed by atoms with Crippen LogP contribution >= 0.6 is 0 Å². The lowest BCUT2D eigenvalue weighted by atomic mass is 9.92. The minimum Gasteiger partial charge on any atom is -0.369 e. The number of hydrogen-bond acceptors (Lipinski definition) is 6. The summed E-state index contributed by atoms with van der Waals surface area (Å²) in [5.41, 5.74) is 1.82. The third-order valence-electron chi connectivity index (χ3n) is 5.28. The second kappa shape index (κ2) is 8.22. The number of fused-ring (bicyclic) bond motifs is 1. The Labute approximate surface area is 164 Å². The van der Waals surface area contributed by atoms with Gasteiger partial charge in [0.1, 0.15) is 29.0 Å². The first-order valence-corrected chi connectivity index (χ1v) is 9.92. The van der Waals surface area contributed by atoms with Gasteiger partial charge in [-0.05, 0) is 55.5 Å². The van der Waals surface area contributed by atoms with Crippen molar-refractivity contribution < 1.29 is 8.91 Å². The maximum Gasteiger partial charge on any atom is 0.263 e. The molecule has 2 aromatic heterocycles. The van der Waals surface area contributed by atoms with Crippen LogP contribution in [0, 0.1) is 17.7 Å².